The van der Waals surface area contributed by atoms with Crippen molar-refractivity contribution < 1.29 is 15.0 Å². The summed E-state index contributed by atoms with van der Waals surface area (Å²) in [6.45, 7) is 2.43. The van der Waals surface area contributed by atoms with Crippen LogP contribution in [0.25, 0.3) is 0 Å². The molecule has 0 aromatic rings. The molecule has 0 saturated carbocycles. The van der Waals surface area contributed by atoms with E-state index in [0.29, 0.717) is 6.54 Å². The number of carbonyl (C=O) groups excluding carboxylic acids is 1. The molecule has 1 unspecified atom stereocenters. The van der Waals surface area contributed by atoms with Gasteiger partial charge in [-0.05, 0) is 6.42 Å². The van der Waals surface area contributed by atoms with E-state index in [4.69, 9.17) is 10.2 Å². The molecule has 0 aromatic heterocycles. The van der Waals surface area contributed by atoms with Crippen LogP contribution in [-0.4, -0.2) is 40.5 Å². The molecule has 5 heteroatoms. The fourth-order valence-electron chi connectivity index (χ4n) is 0.643. The highest BCUT2D eigenvalue weighted by atomic mass is 32.2. The number of carbonyl (C=O) groups is 1. The summed E-state index contributed by atoms with van der Waals surface area (Å²) >= 11 is 1.000. The molecule has 0 saturated heterocycles. The summed E-state index contributed by atoms with van der Waals surface area (Å²) in [7, 11) is 0. The van der Waals surface area contributed by atoms with Gasteiger partial charge in [-0.1, -0.05) is 25.1 Å². The van der Waals surface area contributed by atoms with Gasteiger partial charge in [-0.2, -0.15) is 0 Å². The summed E-state index contributed by atoms with van der Waals surface area (Å²) in [5.41, 5.74) is 0. The Hall–Kier alpha value is -0.260. The van der Waals surface area contributed by atoms with E-state index in [1.165, 1.54) is 0 Å². The van der Waals surface area contributed by atoms with Gasteiger partial charge in [0.05, 0.1) is 12.7 Å². The number of amides is 1. The molecule has 1 atom stereocenters. The summed E-state index contributed by atoms with van der Waals surface area (Å²) in [4.78, 5) is 11.0. The first-order valence-electron chi connectivity index (χ1n) is 4.40. The topological polar surface area (TPSA) is 69.6 Å². The van der Waals surface area contributed by atoms with Gasteiger partial charge in [-0.3, -0.25) is 4.79 Å². The molecule has 0 bridgehead atoms. The monoisotopic (exact) mass is 207 g/mol. The Labute approximate surface area is 82.7 Å². The molecule has 0 fully saturated rings. The van der Waals surface area contributed by atoms with Crippen LogP contribution in [0.2, 0.25) is 0 Å². The summed E-state index contributed by atoms with van der Waals surface area (Å²) in [6.07, 6.45) is 1.21. The number of rotatable bonds is 6. The molecule has 0 aromatic carbocycles. The maximum atomic E-state index is 11.0. The lowest BCUT2D eigenvalue weighted by Gasteiger charge is -2.06. The number of hydrogen-bond donors (Lipinski definition) is 3. The largest absolute Gasteiger partial charge is 0.394 e. The van der Waals surface area contributed by atoms with Crippen molar-refractivity contribution in [3.8, 4) is 0 Å². The second-order valence-electron chi connectivity index (χ2n) is 2.72. The van der Waals surface area contributed by atoms with Crippen molar-refractivity contribution in [1.29, 1.82) is 0 Å². The third kappa shape index (κ3) is 8.08. The van der Waals surface area contributed by atoms with Crippen molar-refractivity contribution in [1.82, 2.24) is 5.32 Å². The Morgan fingerprint density at radius 1 is 1.62 bits per heavy atom. The van der Waals surface area contributed by atoms with E-state index in [1.807, 2.05) is 0 Å². The van der Waals surface area contributed by atoms with Gasteiger partial charge in [-0.15, -0.1) is 0 Å². The van der Waals surface area contributed by atoms with Crippen molar-refractivity contribution in [2.75, 3.05) is 18.9 Å². The Morgan fingerprint density at radius 3 is 2.85 bits per heavy atom. The quantitative estimate of drug-likeness (QED) is 0.557. The van der Waals surface area contributed by atoms with Gasteiger partial charge >= 0.3 is 0 Å². The van der Waals surface area contributed by atoms with Crippen LogP contribution in [0.4, 0.5) is 4.79 Å². The molecule has 3 N–H and O–H groups in total. The highest BCUT2D eigenvalue weighted by Gasteiger charge is 2.06. The zero-order chi connectivity index (χ0) is 10.1. The second-order valence-corrected chi connectivity index (χ2v) is 3.71. The van der Waals surface area contributed by atoms with Crippen LogP contribution in [0.1, 0.15) is 19.8 Å². The maximum absolute atomic E-state index is 11.0. The molecule has 4 nitrogen and oxygen atoms in total. The minimum atomic E-state index is -0.804. The molecule has 78 valence electrons. The lowest BCUT2D eigenvalue weighted by molar-refractivity contribution is 0.113. The molecule has 1 amide bonds. The molecule has 0 aliphatic heterocycles. The van der Waals surface area contributed by atoms with Gasteiger partial charge in [0.2, 0.25) is 0 Å². The normalized spacial score (nSPS) is 12.5. The smallest absolute Gasteiger partial charge is 0.279 e. The average Bonchev–Trinajstić information content (AvgIpc) is 2.14. The third-order valence-corrected chi connectivity index (χ3v) is 2.38. The van der Waals surface area contributed by atoms with Crippen LogP contribution >= 0.6 is 11.8 Å². The molecule has 0 aliphatic carbocycles. The predicted molar refractivity (Wildman–Crippen MR) is 53.9 cm³/mol. The van der Waals surface area contributed by atoms with Gasteiger partial charge in [0, 0.05) is 12.3 Å². The van der Waals surface area contributed by atoms with Crippen molar-refractivity contribution in [2.24, 2.45) is 0 Å². The molecule has 13 heavy (non-hydrogen) atoms. The summed E-state index contributed by atoms with van der Waals surface area (Å²) in [5, 5.41) is 20.0. The first kappa shape index (κ1) is 12.7. The van der Waals surface area contributed by atoms with E-state index in [1.54, 1.807) is 0 Å². The van der Waals surface area contributed by atoms with Gasteiger partial charge in [0.1, 0.15) is 0 Å². The van der Waals surface area contributed by atoms with E-state index in [9.17, 15) is 4.79 Å². The number of thioether (sulfide) groups is 1. The van der Waals surface area contributed by atoms with Gasteiger partial charge in [-0.25, -0.2) is 0 Å². The first-order valence-corrected chi connectivity index (χ1v) is 5.38. The third-order valence-electron chi connectivity index (χ3n) is 1.42. The van der Waals surface area contributed by atoms with E-state index in [2.05, 4.69) is 12.2 Å². The fourth-order valence-corrected chi connectivity index (χ4v) is 1.30. The van der Waals surface area contributed by atoms with Crippen molar-refractivity contribution >= 4 is 17.0 Å². The summed E-state index contributed by atoms with van der Waals surface area (Å²) in [5.74, 6) is 0.245. The predicted octanol–water partition coefficient (Wildman–Crippen LogP) is 0.582. The zero-order valence-corrected chi connectivity index (χ0v) is 8.64. The Bertz CT molecular complexity index is 143. The second kappa shape index (κ2) is 8.34. The molecular formula is C8H17NO3S. The molecule has 0 aliphatic rings. The molecule has 0 heterocycles. The average molecular weight is 207 g/mol. The summed E-state index contributed by atoms with van der Waals surface area (Å²) < 4.78 is 0. The Balaban J connectivity index is 3.30. The van der Waals surface area contributed by atoms with Crippen LogP contribution in [0.5, 0.6) is 0 Å². The molecule has 0 spiro atoms. The van der Waals surface area contributed by atoms with Crippen LogP contribution in [0, 0.1) is 0 Å². The maximum Gasteiger partial charge on any atom is 0.279 e. The van der Waals surface area contributed by atoms with Crippen LogP contribution < -0.4 is 5.32 Å². The Kier molecular flexibility index (Phi) is 8.18. The molecular weight excluding hydrogens is 190 g/mol. The highest BCUT2D eigenvalue weighted by molar-refractivity contribution is 8.13. The lowest BCUT2D eigenvalue weighted by Crippen LogP contribution is -2.23. The Morgan fingerprint density at radius 2 is 2.31 bits per heavy atom. The number of nitrogens with one attached hydrogen (secondary N) is 1. The number of unbranched alkanes of at least 4 members (excludes halogenated alkanes) is 1. The van der Waals surface area contributed by atoms with Crippen LogP contribution in [-0.2, 0) is 0 Å². The van der Waals surface area contributed by atoms with Crippen LogP contribution in [0.3, 0.4) is 0 Å². The minimum absolute atomic E-state index is 0.138. The number of aliphatic hydroxyl groups excluding tert-OH is 2. The highest BCUT2D eigenvalue weighted by Crippen LogP contribution is 2.03. The van der Waals surface area contributed by atoms with E-state index in [-0.39, 0.29) is 17.6 Å². The fraction of sp³-hybridized carbons (Fsp3) is 0.875. The molecule has 0 radical (unpaired) electrons. The first-order chi connectivity index (χ1) is 6.20. The van der Waals surface area contributed by atoms with E-state index in [0.717, 1.165) is 24.6 Å². The number of hydrogen-bond acceptors (Lipinski definition) is 4. The SMILES string of the molecule is CCCCNC(=O)SCC(O)CO. The summed E-state index contributed by atoms with van der Waals surface area (Å²) in [6, 6.07) is 0. The van der Waals surface area contributed by atoms with Crippen molar-refractivity contribution in [2.45, 2.75) is 25.9 Å². The van der Waals surface area contributed by atoms with Crippen LogP contribution in [0.15, 0.2) is 0 Å². The van der Waals surface area contributed by atoms with Crippen molar-refractivity contribution in [3.63, 3.8) is 0 Å². The van der Waals surface area contributed by atoms with E-state index >= 15 is 0 Å². The standard InChI is InChI=1S/C8H17NO3S/c1-2-3-4-9-8(12)13-6-7(11)5-10/h7,10-11H,2-6H2,1H3,(H,9,12). The van der Waals surface area contributed by atoms with Crippen molar-refractivity contribution in [3.05, 3.63) is 0 Å². The minimum Gasteiger partial charge on any atom is -0.394 e. The lowest BCUT2D eigenvalue weighted by atomic mass is 10.3. The number of aliphatic hydroxyl groups is 2. The van der Waals surface area contributed by atoms with Gasteiger partial charge in [0.25, 0.3) is 5.24 Å². The van der Waals surface area contributed by atoms with Gasteiger partial charge < -0.3 is 15.5 Å². The van der Waals surface area contributed by atoms with Gasteiger partial charge in [0.15, 0.2) is 0 Å². The zero-order valence-electron chi connectivity index (χ0n) is 7.82. The molecule has 0 rings (SSSR count). The van der Waals surface area contributed by atoms with E-state index < -0.39 is 6.10 Å².